The lowest BCUT2D eigenvalue weighted by Crippen LogP contribution is -2.17. The monoisotopic (exact) mass is 291 g/mol. The molecule has 6 nitrogen and oxygen atoms in total. The van der Waals surface area contributed by atoms with Crippen molar-refractivity contribution >= 4 is 25.7 Å². The fraction of sp³-hybridized carbons (Fsp3) is 0.231. The third kappa shape index (κ3) is 4.17. The van der Waals surface area contributed by atoms with Crippen molar-refractivity contribution in [2.75, 3.05) is 6.61 Å². The summed E-state index contributed by atoms with van der Waals surface area (Å²) in [6, 6.07) is 9.52. The highest BCUT2D eigenvalue weighted by Gasteiger charge is 2.23. The summed E-state index contributed by atoms with van der Waals surface area (Å²) >= 11 is 0. The van der Waals surface area contributed by atoms with Crippen LogP contribution >= 0.6 is 8.60 Å². The van der Waals surface area contributed by atoms with Gasteiger partial charge in [0.2, 0.25) is 0 Å². The van der Waals surface area contributed by atoms with E-state index in [1.54, 1.807) is 6.08 Å². The third-order valence-electron chi connectivity index (χ3n) is 2.81. The van der Waals surface area contributed by atoms with E-state index >= 15 is 0 Å². The maximum atomic E-state index is 8.93. The first-order chi connectivity index (χ1) is 9.69. The lowest BCUT2D eigenvalue weighted by Gasteiger charge is -2.11. The maximum absolute atomic E-state index is 8.93. The first-order valence-corrected chi connectivity index (χ1v) is 7.21. The molecule has 20 heavy (non-hydrogen) atoms. The molecule has 1 aromatic rings. The van der Waals surface area contributed by atoms with Gasteiger partial charge in [-0.1, -0.05) is 18.2 Å². The van der Waals surface area contributed by atoms with Gasteiger partial charge in [-0.25, -0.2) is 0 Å². The minimum absolute atomic E-state index is 0.0219. The smallest absolute Gasteiger partial charge is 0.327 e. The zero-order valence-corrected chi connectivity index (χ0v) is 11.6. The minimum atomic E-state index is -2.43. The number of allylic oxidation sites excluding steroid dienone is 1. The first-order valence-electron chi connectivity index (χ1n) is 6.04. The van der Waals surface area contributed by atoms with E-state index in [0.29, 0.717) is 24.1 Å². The van der Waals surface area contributed by atoms with Crippen LogP contribution < -0.4 is 0 Å². The van der Waals surface area contributed by atoms with E-state index in [9.17, 15) is 0 Å². The van der Waals surface area contributed by atoms with Gasteiger partial charge >= 0.3 is 8.60 Å². The second kappa shape index (κ2) is 7.20. The van der Waals surface area contributed by atoms with Gasteiger partial charge < -0.3 is 19.8 Å². The van der Waals surface area contributed by atoms with Gasteiger partial charge in [0.25, 0.3) is 5.71 Å². The molecule has 0 radical (unpaired) electrons. The number of rotatable bonds is 4. The van der Waals surface area contributed by atoms with E-state index in [1.165, 1.54) is 0 Å². The molecule has 1 aliphatic carbocycles. The Kier molecular flexibility index (Phi) is 5.30. The van der Waals surface area contributed by atoms with Crippen molar-refractivity contribution in [2.24, 2.45) is 4.99 Å². The molecule has 0 aromatic heterocycles. The molecule has 0 atom stereocenters. The summed E-state index contributed by atoms with van der Waals surface area (Å²) in [5.41, 5.74) is 11.7. The molecule has 1 aromatic carbocycles. The average molecular weight is 291 g/mol. The van der Waals surface area contributed by atoms with Gasteiger partial charge in [-0.2, -0.15) is 4.79 Å². The Morgan fingerprint density at radius 2 is 2.00 bits per heavy atom. The van der Waals surface area contributed by atoms with Crippen molar-refractivity contribution in [3.8, 4) is 0 Å². The summed E-state index contributed by atoms with van der Waals surface area (Å²) in [5.74, 6) is 0. The predicted molar refractivity (Wildman–Crippen MR) is 76.8 cm³/mol. The molecule has 0 saturated heterocycles. The lowest BCUT2D eigenvalue weighted by molar-refractivity contribution is -0.00795. The lowest BCUT2D eigenvalue weighted by atomic mass is 9.96. The van der Waals surface area contributed by atoms with Crippen molar-refractivity contribution in [1.29, 1.82) is 0 Å². The van der Waals surface area contributed by atoms with E-state index in [2.05, 4.69) is 9.78 Å². The first kappa shape index (κ1) is 14.7. The molecular formula is C13H14N3O3P. The number of hydrogen-bond acceptors (Lipinski definition) is 4. The van der Waals surface area contributed by atoms with E-state index in [4.69, 9.17) is 19.8 Å². The van der Waals surface area contributed by atoms with Crippen LogP contribution in [0.2, 0.25) is 0 Å². The Bertz CT molecular complexity index is 578. The topological polar surface area (TPSA) is 98.5 Å². The van der Waals surface area contributed by atoms with Crippen molar-refractivity contribution in [3.63, 3.8) is 0 Å². The summed E-state index contributed by atoms with van der Waals surface area (Å²) < 4.78 is 4.77. The Morgan fingerprint density at radius 1 is 1.25 bits per heavy atom. The summed E-state index contributed by atoms with van der Waals surface area (Å²) in [6.07, 6.45) is 2.95. The van der Waals surface area contributed by atoms with Crippen LogP contribution in [-0.4, -0.2) is 32.6 Å². The summed E-state index contributed by atoms with van der Waals surface area (Å²) in [6.45, 7) is -0.0219. The predicted octanol–water partition coefficient (Wildman–Crippen LogP) is 2.38. The standard InChI is InChI=1S/C13H14N3O3P/c14-16-13-7-6-12(8-10(13)9-19-20(17)18)15-11-4-2-1-3-5-11/h1-5,8,17-18H,6-7,9H2. The van der Waals surface area contributed by atoms with Crippen molar-refractivity contribution < 1.29 is 19.1 Å². The number of nitrogens with zero attached hydrogens (tertiary/aromatic N) is 3. The molecule has 0 unspecified atom stereocenters. The highest BCUT2D eigenvalue weighted by molar-refractivity contribution is 7.39. The highest BCUT2D eigenvalue weighted by Crippen LogP contribution is 2.26. The van der Waals surface area contributed by atoms with Gasteiger partial charge in [0.15, 0.2) is 0 Å². The fourth-order valence-electron chi connectivity index (χ4n) is 1.89. The third-order valence-corrected chi connectivity index (χ3v) is 3.17. The van der Waals surface area contributed by atoms with Crippen molar-refractivity contribution in [3.05, 3.63) is 47.5 Å². The normalized spacial score (nSPS) is 17.2. The highest BCUT2D eigenvalue weighted by atomic mass is 31.2. The molecule has 0 heterocycles. The Hall–Kier alpha value is -1.68. The molecule has 7 heteroatoms. The van der Waals surface area contributed by atoms with Crippen LogP contribution in [0.1, 0.15) is 12.8 Å². The molecule has 0 amide bonds. The van der Waals surface area contributed by atoms with Crippen LogP contribution in [0.15, 0.2) is 47.0 Å². The van der Waals surface area contributed by atoms with E-state index in [-0.39, 0.29) is 6.61 Å². The van der Waals surface area contributed by atoms with E-state index in [1.807, 2.05) is 30.3 Å². The molecule has 104 valence electrons. The number of hydrogen-bond donors (Lipinski definition) is 2. The van der Waals surface area contributed by atoms with Gasteiger partial charge in [0, 0.05) is 12.1 Å². The molecule has 0 saturated carbocycles. The molecule has 2 rings (SSSR count). The number of para-hydroxylation sites is 1. The van der Waals surface area contributed by atoms with E-state index < -0.39 is 8.60 Å². The van der Waals surface area contributed by atoms with Gasteiger partial charge in [-0.15, -0.1) is 0 Å². The second-order valence-corrected chi connectivity index (χ2v) is 4.94. The SMILES string of the molecule is [N-]=[N+]=C1CCC(=Nc2ccccc2)C=C1COP(O)O. The van der Waals surface area contributed by atoms with Crippen LogP contribution in [0.25, 0.3) is 5.53 Å². The minimum Gasteiger partial charge on any atom is -0.361 e. The van der Waals surface area contributed by atoms with Gasteiger partial charge in [0.05, 0.1) is 24.3 Å². The summed E-state index contributed by atoms with van der Waals surface area (Å²) in [5, 5.41) is 0. The summed E-state index contributed by atoms with van der Waals surface area (Å²) in [4.78, 5) is 25.3. The van der Waals surface area contributed by atoms with Gasteiger partial charge in [-0.05, 0) is 18.2 Å². The van der Waals surface area contributed by atoms with E-state index in [0.717, 1.165) is 11.4 Å². The molecule has 0 bridgehead atoms. The molecule has 1 aliphatic rings. The Balaban J connectivity index is 2.22. The summed E-state index contributed by atoms with van der Waals surface area (Å²) in [7, 11) is -2.43. The Morgan fingerprint density at radius 3 is 2.65 bits per heavy atom. The number of benzene rings is 1. The van der Waals surface area contributed by atoms with Crippen LogP contribution in [0.5, 0.6) is 0 Å². The van der Waals surface area contributed by atoms with Crippen LogP contribution in [0, 0.1) is 0 Å². The van der Waals surface area contributed by atoms with Crippen molar-refractivity contribution in [1.82, 2.24) is 0 Å². The van der Waals surface area contributed by atoms with Crippen LogP contribution in [-0.2, 0) is 4.52 Å². The second-order valence-electron chi connectivity index (χ2n) is 4.18. The van der Waals surface area contributed by atoms with Crippen molar-refractivity contribution in [2.45, 2.75) is 12.8 Å². The molecule has 0 aliphatic heterocycles. The van der Waals surface area contributed by atoms with Gasteiger partial charge in [0.1, 0.15) is 0 Å². The van der Waals surface area contributed by atoms with Gasteiger partial charge in [-0.3, -0.25) is 4.99 Å². The largest absolute Gasteiger partial charge is 0.361 e. The van der Waals surface area contributed by atoms with Crippen LogP contribution in [0.3, 0.4) is 0 Å². The number of aliphatic imine (C=N–C) groups is 1. The molecule has 0 spiro atoms. The average Bonchev–Trinajstić information content (AvgIpc) is 2.46. The molecule has 0 fully saturated rings. The zero-order valence-electron chi connectivity index (χ0n) is 10.7. The zero-order chi connectivity index (χ0) is 14.4. The van der Waals surface area contributed by atoms with Crippen LogP contribution in [0.4, 0.5) is 5.69 Å². The fourth-order valence-corrected chi connectivity index (χ4v) is 2.14. The molecular weight excluding hydrogens is 277 g/mol. The quantitative estimate of drug-likeness (QED) is 0.506. The maximum Gasteiger partial charge on any atom is 0.327 e. The Labute approximate surface area is 117 Å². The molecule has 2 N–H and O–H groups in total.